The first-order valence-corrected chi connectivity index (χ1v) is 9.89. The second-order valence-electron chi connectivity index (χ2n) is 9.09. The molecule has 3 heteroatoms. The van der Waals surface area contributed by atoms with E-state index in [0.29, 0.717) is 17.2 Å². The third-order valence-corrected chi connectivity index (χ3v) is 6.80. The maximum Gasteiger partial charge on any atom is 0.0717 e. The molecular formula is C20H44N2O. The highest BCUT2D eigenvalue weighted by atomic mass is 16.5. The molecule has 140 valence electrons. The van der Waals surface area contributed by atoms with Crippen LogP contribution in [0.2, 0.25) is 0 Å². The Morgan fingerprint density at radius 1 is 1.04 bits per heavy atom. The van der Waals surface area contributed by atoms with E-state index < -0.39 is 0 Å². The van der Waals surface area contributed by atoms with Crippen LogP contribution in [-0.2, 0) is 4.74 Å². The Labute approximate surface area is 147 Å². The van der Waals surface area contributed by atoms with Gasteiger partial charge in [0.25, 0.3) is 0 Å². The van der Waals surface area contributed by atoms with E-state index in [9.17, 15) is 0 Å². The molecule has 0 aromatic rings. The van der Waals surface area contributed by atoms with Crippen molar-refractivity contribution in [2.45, 2.75) is 90.8 Å². The van der Waals surface area contributed by atoms with E-state index in [2.05, 4.69) is 52.2 Å². The summed E-state index contributed by atoms with van der Waals surface area (Å²) in [6.07, 6.45) is 7.06. The summed E-state index contributed by atoms with van der Waals surface area (Å²) in [4.78, 5) is 0. The van der Waals surface area contributed by atoms with Crippen molar-refractivity contribution in [1.82, 2.24) is 10.6 Å². The summed E-state index contributed by atoms with van der Waals surface area (Å²) in [5, 5.41) is 7.31. The number of fused-ring (bicyclic) bond motifs is 2. The van der Waals surface area contributed by atoms with Crippen molar-refractivity contribution in [2.24, 2.45) is 17.8 Å². The van der Waals surface area contributed by atoms with Crippen LogP contribution >= 0.6 is 0 Å². The van der Waals surface area contributed by atoms with E-state index in [0.717, 1.165) is 30.9 Å². The predicted molar refractivity (Wildman–Crippen MR) is 103 cm³/mol. The Bertz CT molecular complexity index is 377. The Hall–Kier alpha value is -0.120. The van der Waals surface area contributed by atoms with E-state index in [-0.39, 0.29) is 2.85 Å². The minimum Gasteiger partial charge on any atom is -0.377 e. The van der Waals surface area contributed by atoms with E-state index in [1.165, 1.54) is 38.6 Å². The summed E-state index contributed by atoms with van der Waals surface area (Å²) < 4.78 is 5.58. The molecule has 3 aliphatic heterocycles. The van der Waals surface area contributed by atoms with Crippen LogP contribution in [0.15, 0.2) is 0 Å². The molecule has 0 saturated carbocycles. The van der Waals surface area contributed by atoms with Crippen LogP contribution in [0.4, 0.5) is 0 Å². The number of rotatable bonds is 2. The van der Waals surface area contributed by atoms with Crippen molar-refractivity contribution in [3.05, 3.63) is 0 Å². The molecule has 2 bridgehead atoms. The molecule has 3 aliphatic rings. The van der Waals surface area contributed by atoms with Crippen LogP contribution in [0.3, 0.4) is 0 Å². The number of hydrogen-bond donors (Lipinski definition) is 2. The average Bonchev–Trinajstić information content (AvgIpc) is 2.69. The van der Waals surface area contributed by atoms with Gasteiger partial charge in [-0.15, -0.1) is 0 Å². The lowest BCUT2D eigenvalue weighted by Gasteiger charge is -2.36. The summed E-state index contributed by atoms with van der Waals surface area (Å²) in [6, 6.07) is 0. The molecule has 0 spiro atoms. The van der Waals surface area contributed by atoms with Gasteiger partial charge in [0.1, 0.15) is 0 Å². The van der Waals surface area contributed by atoms with Crippen LogP contribution < -0.4 is 10.6 Å². The normalized spacial score (nSPS) is 40.7. The first kappa shape index (κ1) is 19.2. The largest absolute Gasteiger partial charge is 0.377 e. The molecule has 2 N–H and O–H groups in total. The van der Waals surface area contributed by atoms with Crippen molar-refractivity contribution < 1.29 is 7.59 Å². The zero-order valence-electron chi connectivity index (χ0n) is 16.4. The lowest BCUT2D eigenvalue weighted by molar-refractivity contribution is 0.0110. The van der Waals surface area contributed by atoms with Crippen LogP contribution in [0.25, 0.3) is 0 Å². The minimum atomic E-state index is 0. The molecule has 4 atom stereocenters. The molecular weight excluding hydrogens is 284 g/mol. The summed E-state index contributed by atoms with van der Waals surface area (Å²) in [6.45, 7) is 17.2. The van der Waals surface area contributed by atoms with Gasteiger partial charge in [-0.25, -0.2) is 0 Å². The quantitative estimate of drug-likeness (QED) is 0.785. The Balaban J connectivity index is 0.000000427. The van der Waals surface area contributed by atoms with Crippen LogP contribution in [-0.4, -0.2) is 36.9 Å². The van der Waals surface area contributed by atoms with Gasteiger partial charge < -0.3 is 15.4 Å². The lowest BCUT2D eigenvalue weighted by atomic mass is 9.81. The monoisotopic (exact) mass is 328 g/mol. The highest BCUT2D eigenvalue weighted by molar-refractivity contribution is 5.01. The van der Waals surface area contributed by atoms with Crippen LogP contribution in [0.5, 0.6) is 0 Å². The molecule has 2 unspecified atom stereocenters. The molecule has 3 rings (SSSR count). The van der Waals surface area contributed by atoms with Gasteiger partial charge in [-0.3, -0.25) is 0 Å². The summed E-state index contributed by atoms with van der Waals surface area (Å²) in [7, 11) is 0. The Morgan fingerprint density at radius 2 is 1.78 bits per heavy atom. The van der Waals surface area contributed by atoms with Crippen molar-refractivity contribution in [3.63, 3.8) is 0 Å². The standard InChI is InChI=1S/C11H23N.C9H17NO.2H2/c1-9(2)11(4)7-5-6-10(3)8-12-11;1-7(2)9-3-4-11-8(5-9)6-10-9;;/h9-10,12H,5-8H2,1-4H3;7-8,10H,3-6H2,1-2H3;2*1H/t10-,11+;;;/m1.../s1. The molecule has 0 radical (unpaired) electrons. The highest BCUT2D eigenvalue weighted by Crippen LogP contribution is 2.35. The molecule has 3 fully saturated rings. The number of hydrogen-bond acceptors (Lipinski definition) is 3. The van der Waals surface area contributed by atoms with Gasteiger partial charge in [-0.1, -0.05) is 41.0 Å². The molecule has 23 heavy (non-hydrogen) atoms. The number of nitrogens with one attached hydrogen (secondary N) is 2. The molecule has 0 aromatic carbocycles. The maximum absolute atomic E-state index is 5.58. The van der Waals surface area contributed by atoms with E-state index in [4.69, 9.17) is 4.74 Å². The van der Waals surface area contributed by atoms with E-state index in [1.54, 1.807) is 0 Å². The van der Waals surface area contributed by atoms with Crippen molar-refractivity contribution in [1.29, 1.82) is 0 Å². The summed E-state index contributed by atoms with van der Waals surface area (Å²) in [5.41, 5.74) is 0.813. The van der Waals surface area contributed by atoms with Gasteiger partial charge in [0.15, 0.2) is 0 Å². The second kappa shape index (κ2) is 7.84. The molecule has 0 aliphatic carbocycles. The predicted octanol–water partition coefficient (Wildman–Crippen LogP) is 4.47. The fraction of sp³-hybridized carbons (Fsp3) is 1.00. The third kappa shape index (κ3) is 4.70. The maximum atomic E-state index is 5.58. The zero-order chi connectivity index (χ0) is 17.1. The van der Waals surface area contributed by atoms with Gasteiger partial charge in [-0.05, 0) is 56.9 Å². The molecule has 3 heterocycles. The van der Waals surface area contributed by atoms with Gasteiger partial charge in [0, 0.05) is 27.1 Å². The third-order valence-electron chi connectivity index (χ3n) is 6.80. The van der Waals surface area contributed by atoms with Gasteiger partial charge in [0.2, 0.25) is 0 Å². The van der Waals surface area contributed by atoms with Crippen LogP contribution in [0.1, 0.15) is 76.5 Å². The summed E-state index contributed by atoms with van der Waals surface area (Å²) >= 11 is 0. The van der Waals surface area contributed by atoms with Crippen LogP contribution in [0, 0.1) is 17.8 Å². The highest BCUT2D eigenvalue weighted by Gasteiger charge is 2.44. The number of ether oxygens (including phenoxy) is 1. The summed E-state index contributed by atoms with van der Waals surface area (Å²) in [5.74, 6) is 2.37. The van der Waals surface area contributed by atoms with Gasteiger partial charge in [-0.2, -0.15) is 0 Å². The first-order chi connectivity index (χ1) is 10.8. The van der Waals surface area contributed by atoms with Crippen molar-refractivity contribution in [3.8, 4) is 0 Å². The minimum absolute atomic E-state index is 0. The van der Waals surface area contributed by atoms with E-state index >= 15 is 0 Å². The molecule has 3 nitrogen and oxygen atoms in total. The SMILES string of the molecule is CC(C)C12CCOC(CN1)C2.CC(C)[C@]1(C)CCC[C@@H](C)CN1.[HH].[HH]. The average molecular weight is 329 g/mol. The second-order valence-corrected chi connectivity index (χ2v) is 9.09. The first-order valence-electron chi connectivity index (χ1n) is 9.89. The van der Waals surface area contributed by atoms with Gasteiger partial charge in [0.05, 0.1) is 6.10 Å². The smallest absolute Gasteiger partial charge is 0.0717 e. The Kier molecular flexibility index (Phi) is 6.55. The topological polar surface area (TPSA) is 33.3 Å². The van der Waals surface area contributed by atoms with Crippen molar-refractivity contribution >= 4 is 0 Å². The van der Waals surface area contributed by atoms with Gasteiger partial charge >= 0.3 is 0 Å². The fourth-order valence-corrected chi connectivity index (χ4v) is 4.22. The zero-order valence-corrected chi connectivity index (χ0v) is 16.4. The van der Waals surface area contributed by atoms with E-state index in [1.807, 2.05) is 0 Å². The molecule has 0 aromatic heterocycles. The molecule has 0 amide bonds. The molecule has 3 saturated heterocycles. The lowest BCUT2D eigenvalue weighted by Crippen LogP contribution is -2.46. The van der Waals surface area contributed by atoms with Crippen molar-refractivity contribution in [2.75, 3.05) is 19.7 Å². The Morgan fingerprint density at radius 3 is 2.39 bits per heavy atom. The fourth-order valence-electron chi connectivity index (χ4n) is 4.22.